The Bertz CT molecular complexity index is 565. The van der Waals surface area contributed by atoms with Gasteiger partial charge in [0.1, 0.15) is 0 Å². The highest BCUT2D eigenvalue weighted by atomic mass is 79.9. The zero-order chi connectivity index (χ0) is 12.1. The summed E-state index contributed by atoms with van der Waals surface area (Å²) in [6.07, 6.45) is 3.34. The molecule has 0 bridgehead atoms. The van der Waals surface area contributed by atoms with Crippen molar-refractivity contribution < 1.29 is 0 Å². The summed E-state index contributed by atoms with van der Waals surface area (Å²) < 4.78 is 0.824. The topological polar surface area (TPSA) is 74.5 Å². The molecule has 0 radical (unpaired) electrons. The summed E-state index contributed by atoms with van der Waals surface area (Å²) in [5.74, 6) is 0. The predicted molar refractivity (Wildman–Crippen MR) is 69.1 cm³/mol. The molecule has 2 aromatic rings. The van der Waals surface area contributed by atoms with Crippen LogP contribution >= 0.6 is 27.7 Å². The van der Waals surface area contributed by atoms with Crippen LogP contribution in [0.3, 0.4) is 0 Å². The number of aromatic nitrogens is 2. The number of nitrogens with zero attached hydrogens (tertiary/aromatic N) is 5. The Morgan fingerprint density at radius 2 is 1.94 bits per heavy atom. The van der Waals surface area contributed by atoms with Crippen molar-refractivity contribution in [3.63, 3.8) is 0 Å². The molecular weight excluding hydrogens is 302 g/mol. The van der Waals surface area contributed by atoms with Crippen molar-refractivity contribution >= 4 is 33.4 Å². The first-order valence-corrected chi connectivity index (χ1v) is 6.20. The minimum atomic E-state index is 0.575. The molecule has 0 spiro atoms. The van der Waals surface area contributed by atoms with Crippen LogP contribution in [0.2, 0.25) is 0 Å². The Balaban J connectivity index is 2.29. The van der Waals surface area contributed by atoms with Crippen molar-refractivity contribution in [1.82, 2.24) is 9.97 Å². The van der Waals surface area contributed by atoms with Gasteiger partial charge in [0, 0.05) is 22.2 Å². The monoisotopic (exact) mass is 307 g/mol. The lowest BCUT2D eigenvalue weighted by molar-refractivity contribution is 0.958. The molecule has 0 aliphatic rings. The second-order valence-corrected chi connectivity index (χ2v) is 4.87. The third-order valence-corrected chi connectivity index (χ3v) is 3.18. The van der Waals surface area contributed by atoms with E-state index >= 15 is 0 Å². The van der Waals surface area contributed by atoms with Gasteiger partial charge in [0.15, 0.2) is 5.16 Å². The fourth-order valence-corrected chi connectivity index (χ4v) is 2.10. The van der Waals surface area contributed by atoms with Gasteiger partial charge < -0.3 is 0 Å². The first-order chi connectivity index (χ1) is 8.29. The second kappa shape index (κ2) is 5.67. The summed E-state index contributed by atoms with van der Waals surface area (Å²) >= 11 is 4.62. The van der Waals surface area contributed by atoms with E-state index in [1.54, 1.807) is 18.5 Å². The number of halogens is 1. The summed E-state index contributed by atoms with van der Waals surface area (Å²) in [7, 11) is 0. The van der Waals surface area contributed by atoms with Gasteiger partial charge in [-0.25, -0.2) is 9.97 Å². The van der Waals surface area contributed by atoms with Gasteiger partial charge in [-0.1, -0.05) is 23.3 Å². The Hall–Kier alpha value is -1.56. The minimum absolute atomic E-state index is 0.575. The van der Waals surface area contributed by atoms with Gasteiger partial charge >= 0.3 is 0 Å². The van der Waals surface area contributed by atoms with Crippen LogP contribution in [-0.4, -0.2) is 9.97 Å². The van der Waals surface area contributed by atoms with Crippen LogP contribution in [0.4, 0.5) is 5.69 Å². The van der Waals surface area contributed by atoms with E-state index in [4.69, 9.17) is 5.53 Å². The largest absolute Gasteiger partial charge is 0.230 e. The van der Waals surface area contributed by atoms with E-state index in [2.05, 4.69) is 35.9 Å². The van der Waals surface area contributed by atoms with Crippen molar-refractivity contribution in [2.75, 3.05) is 0 Å². The molecule has 5 nitrogen and oxygen atoms in total. The molecule has 0 saturated carbocycles. The molecule has 1 aromatic carbocycles. The van der Waals surface area contributed by atoms with Crippen LogP contribution in [0.25, 0.3) is 10.4 Å². The third kappa shape index (κ3) is 3.20. The maximum atomic E-state index is 8.46. The molecule has 0 N–H and O–H groups in total. The smallest absolute Gasteiger partial charge is 0.192 e. The van der Waals surface area contributed by atoms with E-state index in [-0.39, 0.29) is 0 Å². The Morgan fingerprint density at radius 3 is 2.65 bits per heavy atom. The van der Waals surface area contributed by atoms with E-state index in [9.17, 15) is 0 Å². The number of rotatable bonds is 3. The first kappa shape index (κ1) is 11.9. The molecule has 0 saturated heterocycles. The molecule has 0 atom stereocenters. The van der Waals surface area contributed by atoms with Gasteiger partial charge in [-0.15, -0.1) is 0 Å². The third-order valence-electron chi connectivity index (χ3n) is 1.82. The van der Waals surface area contributed by atoms with Crippen molar-refractivity contribution in [2.45, 2.75) is 10.1 Å². The Morgan fingerprint density at radius 1 is 1.24 bits per heavy atom. The molecule has 1 heterocycles. The normalized spacial score (nSPS) is 9.71. The highest BCUT2D eigenvalue weighted by Gasteiger charge is 2.04. The standard InChI is InChI=1S/C10H6BrN5S/c11-7-5-13-10(14-6-7)17-9-4-2-1-3-8(9)15-16-12/h1-6H. The maximum absolute atomic E-state index is 8.46. The molecule has 2 rings (SSSR count). The first-order valence-electron chi connectivity index (χ1n) is 4.59. The van der Waals surface area contributed by atoms with Gasteiger partial charge in [0.25, 0.3) is 0 Å². The summed E-state index contributed by atoms with van der Waals surface area (Å²) in [5, 5.41) is 4.22. The van der Waals surface area contributed by atoms with E-state index < -0.39 is 0 Å². The van der Waals surface area contributed by atoms with Crippen LogP contribution in [0, 0.1) is 0 Å². The number of benzene rings is 1. The lowest BCUT2D eigenvalue weighted by atomic mass is 10.3. The summed E-state index contributed by atoms with van der Waals surface area (Å²) in [5.41, 5.74) is 9.03. The van der Waals surface area contributed by atoms with Gasteiger partial charge in [-0.2, -0.15) is 0 Å². The average molecular weight is 308 g/mol. The van der Waals surface area contributed by atoms with E-state index in [0.29, 0.717) is 10.8 Å². The number of hydrogen-bond donors (Lipinski definition) is 0. The molecule has 0 aliphatic carbocycles. The summed E-state index contributed by atoms with van der Waals surface area (Å²) in [6.45, 7) is 0. The van der Waals surface area contributed by atoms with Crippen LogP contribution in [0.5, 0.6) is 0 Å². The highest BCUT2D eigenvalue weighted by molar-refractivity contribution is 9.10. The zero-order valence-electron chi connectivity index (χ0n) is 8.49. The fraction of sp³-hybridized carbons (Fsp3) is 0. The van der Waals surface area contributed by atoms with Gasteiger partial charge in [-0.05, 0) is 39.3 Å². The highest BCUT2D eigenvalue weighted by Crippen LogP contribution is 2.33. The van der Waals surface area contributed by atoms with Crippen LogP contribution in [0.1, 0.15) is 0 Å². The average Bonchev–Trinajstić information content (AvgIpc) is 2.35. The second-order valence-electron chi connectivity index (χ2n) is 2.94. The molecule has 0 unspecified atom stereocenters. The lowest BCUT2D eigenvalue weighted by Gasteiger charge is -2.02. The van der Waals surface area contributed by atoms with Crippen LogP contribution in [-0.2, 0) is 0 Å². The van der Waals surface area contributed by atoms with Gasteiger partial charge in [0.2, 0.25) is 0 Å². The summed E-state index contributed by atoms with van der Waals surface area (Å²) in [6, 6.07) is 7.30. The molecule has 0 aliphatic heterocycles. The Kier molecular flexibility index (Phi) is 3.98. The molecular formula is C10H6BrN5S. The van der Waals surface area contributed by atoms with Crippen molar-refractivity contribution in [1.29, 1.82) is 0 Å². The number of azide groups is 1. The molecule has 0 amide bonds. The predicted octanol–water partition coefficient (Wildman–Crippen LogP) is 4.33. The van der Waals surface area contributed by atoms with Crippen molar-refractivity contribution in [3.8, 4) is 0 Å². The van der Waals surface area contributed by atoms with Gasteiger partial charge in [-0.3, -0.25) is 0 Å². The van der Waals surface area contributed by atoms with E-state index in [1.807, 2.05) is 18.2 Å². The van der Waals surface area contributed by atoms with E-state index in [0.717, 1.165) is 9.37 Å². The zero-order valence-corrected chi connectivity index (χ0v) is 10.9. The van der Waals surface area contributed by atoms with Crippen molar-refractivity contribution in [2.24, 2.45) is 5.11 Å². The minimum Gasteiger partial charge on any atom is -0.230 e. The quantitative estimate of drug-likeness (QED) is 0.366. The molecule has 84 valence electrons. The van der Waals surface area contributed by atoms with E-state index in [1.165, 1.54) is 11.8 Å². The Labute approximate surface area is 110 Å². The summed E-state index contributed by atoms with van der Waals surface area (Å²) in [4.78, 5) is 11.9. The molecule has 17 heavy (non-hydrogen) atoms. The van der Waals surface area contributed by atoms with Crippen LogP contribution < -0.4 is 0 Å². The fourth-order valence-electron chi connectivity index (χ4n) is 1.13. The van der Waals surface area contributed by atoms with Crippen molar-refractivity contribution in [3.05, 3.63) is 51.6 Å². The van der Waals surface area contributed by atoms with Gasteiger partial charge in [0.05, 0.1) is 10.2 Å². The van der Waals surface area contributed by atoms with Crippen LogP contribution in [0.15, 0.2) is 56.3 Å². The molecule has 0 fully saturated rings. The molecule has 7 heteroatoms. The number of hydrogen-bond acceptors (Lipinski definition) is 4. The SMILES string of the molecule is [N-]=[N+]=Nc1ccccc1Sc1ncc(Br)cn1. The molecule has 1 aromatic heterocycles. The maximum Gasteiger partial charge on any atom is 0.192 e. The lowest BCUT2D eigenvalue weighted by Crippen LogP contribution is -1.84.